The Balaban J connectivity index is 2.01. The molecule has 0 spiro atoms. The van der Waals surface area contributed by atoms with Crippen molar-refractivity contribution in [3.8, 4) is 17.2 Å². The second kappa shape index (κ2) is 8.08. The summed E-state index contributed by atoms with van der Waals surface area (Å²) in [5.74, 6) is 1.75. The van der Waals surface area contributed by atoms with Gasteiger partial charge in [0.2, 0.25) is 0 Å². The molecule has 1 N–H and O–H groups in total. The molecule has 5 heteroatoms. The van der Waals surface area contributed by atoms with Crippen molar-refractivity contribution < 1.29 is 19.0 Å². The van der Waals surface area contributed by atoms with Gasteiger partial charge in [-0.05, 0) is 36.8 Å². The van der Waals surface area contributed by atoms with E-state index in [1.165, 1.54) is 7.11 Å². The third-order valence-electron chi connectivity index (χ3n) is 3.34. The van der Waals surface area contributed by atoms with Crippen LogP contribution < -0.4 is 19.5 Å². The maximum absolute atomic E-state index is 12.3. The maximum atomic E-state index is 12.3. The molecule has 0 bridgehead atoms. The highest BCUT2D eigenvalue weighted by Crippen LogP contribution is 2.24. The number of benzene rings is 2. The summed E-state index contributed by atoms with van der Waals surface area (Å²) >= 11 is 0. The standard InChI is InChI=1S/C18H21NO4/c1-4-23-14-7-5-13(6-8-14)12-19-18(20)16-10-9-15(21-2)11-17(16)22-3/h5-11H,4,12H2,1-3H3,(H,19,20). The lowest BCUT2D eigenvalue weighted by Gasteiger charge is -2.11. The van der Waals surface area contributed by atoms with Gasteiger partial charge in [0.05, 0.1) is 26.4 Å². The molecule has 0 saturated carbocycles. The van der Waals surface area contributed by atoms with E-state index in [-0.39, 0.29) is 5.91 Å². The fourth-order valence-electron chi connectivity index (χ4n) is 2.13. The monoisotopic (exact) mass is 315 g/mol. The first-order valence-electron chi connectivity index (χ1n) is 7.40. The number of ether oxygens (including phenoxy) is 3. The number of nitrogens with one attached hydrogen (secondary N) is 1. The van der Waals surface area contributed by atoms with Crippen LogP contribution in [0.4, 0.5) is 0 Å². The van der Waals surface area contributed by atoms with Crippen LogP contribution in [-0.4, -0.2) is 26.7 Å². The molecule has 0 aliphatic rings. The summed E-state index contributed by atoms with van der Waals surface area (Å²) in [6.07, 6.45) is 0. The number of hydrogen-bond acceptors (Lipinski definition) is 4. The van der Waals surface area contributed by atoms with E-state index in [1.54, 1.807) is 25.3 Å². The summed E-state index contributed by atoms with van der Waals surface area (Å²) in [6.45, 7) is 3.00. The number of carbonyl (C=O) groups excluding carboxylic acids is 1. The lowest BCUT2D eigenvalue weighted by atomic mass is 10.1. The van der Waals surface area contributed by atoms with E-state index >= 15 is 0 Å². The van der Waals surface area contributed by atoms with Gasteiger partial charge in [0.15, 0.2) is 0 Å². The summed E-state index contributed by atoms with van der Waals surface area (Å²) < 4.78 is 15.8. The third kappa shape index (κ3) is 4.39. The van der Waals surface area contributed by atoms with Gasteiger partial charge in [-0.3, -0.25) is 4.79 Å². The predicted octanol–water partition coefficient (Wildman–Crippen LogP) is 3.03. The van der Waals surface area contributed by atoms with E-state index in [0.29, 0.717) is 30.2 Å². The normalized spacial score (nSPS) is 10.0. The predicted molar refractivity (Wildman–Crippen MR) is 88.3 cm³/mol. The summed E-state index contributed by atoms with van der Waals surface area (Å²) in [5, 5.41) is 2.88. The van der Waals surface area contributed by atoms with Gasteiger partial charge < -0.3 is 19.5 Å². The molecule has 122 valence electrons. The zero-order valence-electron chi connectivity index (χ0n) is 13.6. The van der Waals surface area contributed by atoms with E-state index in [1.807, 2.05) is 31.2 Å². The van der Waals surface area contributed by atoms with Gasteiger partial charge in [0.25, 0.3) is 5.91 Å². The van der Waals surface area contributed by atoms with E-state index in [4.69, 9.17) is 14.2 Å². The van der Waals surface area contributed by atoms with Crippen molar-refractivity contribution in [3.63, 3.8) is 0 Å². The molecule has 0 aliphatic carbocycles. The number of rotatable bonds is 7. The Labute approximate surface area is 136 Å². The molecule has 23 heavy (non-hydrogen) atoms. The number of carbonyl (C=O) groups is 1. The Morgan fingerprint density at radius 1 is 1.00 bits per heavy atom. The van der Waals surface area contributed by atoms with Crippen molar-refractivity contribution >= 4 is 5.91 Å². The van der Waals surface area contributed by atoms with Gasteiger partial charge in [-0.1, -0.05) is 12.1 Å². The molecule has 0 saturated heterocycles. The second-order valence-electron chi connectivity index (χ2n) is 4.83. The Hall–Kier alpha value is -2.69. The molecule has 2 aromatic carbocycles. The van der Waals surface area contributed by atoms with Crippen LogP contribution in [0.3, 0.4) is 0 Å². The SMILES string of the molecule is CCOc1ccc(CNC(=O)c2ccc(OC)cc2OC)cc1. The van der Waals surface area contributed by atoms with Gasteiger partial charge in [-0.15, -0.1) is 0 Å². The quantitative estimate of drug-likeness (QED) is 0.853. The van der Waals surface area contributed by atoms with Crippen LogP contribution in [0, 0.1) is 0 Å². The first kappa shape index (κ1) is 16.7. The Morgan fingerprint density at radius 3 is 2.30 bits per heavy atom. The van der Waals surface area contributed by atoms with Crippen LogP contribution >= 0.6 is 0 Å². The largest absolute Gasteiger partial charge is 0.497 e. The number of amides is 1. The molecule has 2 rings (SSSR count). The smallest absolute Gasteiger partial charge is 0.255 e. The van der Waals surface area contributed by atoms with Gasteiger partial charge in [-0.25, -0.2) is 0 Å². The molecule has 0 heterocycles. The average Bonchev–Trinajstić information content (AvgIpc) is 2.60. The van der Waals surface area contributed by atoms with Gasteiger partial charge in [0.1, 0.15) is 17.2 Å². The van der Waals surface area contributed by atoms with E-state index < -0.39 is 0 Å². The van der Waals surface area contributed by atoms with Crippen molar-refractivity contribution in [2.75, 3.05) is 20.8 Å². The van der Waals surface area contributed by atoms with Gasteiger partial charge >= 0.3 is 0 Å². The van der Waals surface area contributed by atoms with Crippen molar-refractivity contribution in [3.05, 3.63) is 53.6 Å². The minimum absolute atomic E-state index is 0.196. The molecule has 0 aliphatic heterocycles. The van der Waals surface area contributed by atoms with Crippen LogP contribution in [-0.2, 0) is 6.54 Å². The van der Waals surface area contributed by atoms with E-state index in [9.17, 15) is 4.79 Å². The molecule has 0 radical (unpaired) electrons. The molecule has 0 unspecified atom stereocenters. The first-order chi connectivity index (χ1) is 11.2. The zero-order chi connectivity index (χ0) is 16.7. The van der Waals surface area contributed by atoms with Crippen LogP contribution in [0.1, 0.15) is 22.8 Å². The topological polar surface area (TPSA) is 56.8 Å². The summed E-state index contributed by atoms with van der Waals surface area (Å²) in [4.78, 5) is 12.3. The Kier molecular flexibility index (Phi) is 5.86. The summed E-state index contributed by atoms with van der Waals surface area (Å²) in [5.41, 5.74) is 1.47. The molecule has 5 nitrogen and oxygen atoms in total. The summed E-state index contributed by atoms with van der Waals surface area (Å²) in [7, 11) is 3.10. The molecule has 1 amide bonds. The second-order valence-corrected chi connectivity index (χ2v) is 4.83. The highest BCUT2D eigenvalue weighted by molar-refractivity contribution is 5.97. The van der Waals surface area contributed by atoms with Crippen LogP contribution in [0.15, 0.2) is 42.5 Å². The molecular weight excluding hydrogens is 294 g/mol. The lowest BCUT2D eigenvalue weighted by molar-refractivity contribution is 0.0948. The lowest BCUT2D eigenvalue weighted by Crippen LogP contribution is -2.23. The maximum Gasteiger partial charge on any atom is 0.255 e. The van der Waals surface area contributed by atoms with Crippen molar-refractivity contribution in [1.82, 2.24) is 5.32 Å². The average molecular weight is 315 g/mol. The molecule has 2 aromatic rings. The van der Waals surface area contributed by atoms with E-state index in [2.05, 4.69) is 5.32 Å². The highest BCUT2D eigenvalue weighted by Gasteiger charge is 2.13. The van der Waals surface area contributed by atoms with Gasteiger partial charge in [-0.2, -0.15) is 0 Å². The number of methoxy groups -OCH3 is 2. The Bertz CT molecular complexity index is 653. The van der Waals surface area contributed by atoms with E-state index in [0.717, 1.165) is 11.3 Å². The minimum Gasteiger partial charge on any atom is -0.497 e. The van der Waals surface area contributed by atoms with Crippen LogP contribution in [0.2, 0.25) is 0 Å². The number of hydrogen-bond donors (Lipinski definition) is 1. The summed E-state index contributed by atoms with van der Waals surface area (Å²) in [6, 6.07) is 12.7. The van der Waals surface area contributed by atoms with Crippen molar-refractivity contribution in [2.45, 2.75) is 13.5 Å². The van der Waals surface area contributed by atoms with Crippen LogP contribution in [0.5, 0.6) is 17.2 Å². The zero-order valence-corrected chi connectivity index (χ0v) is 13.6. The molecule has 0 fully saturated rings. The van der Waals surface area contributed by atoms with Crippen molar-refractivity contribution in [1.29, 1.82) is 0 Å². The Morgan fingerprint density at radius 2 is 1.70 bits per heavy atom. The van der Waals surface area contributed by atoms with Crippen LogP contribution in [0.25, 0.3) is 0 Å². The third-order valence-corrected chi connectivity index (χ3v) is 3.34. The highest BCUT2D eigenvalue weighted by atomic mass is 16.5. The first-order valence-corrected chi connectivity index (χ1v) is 7.40. The fraction of sp³-hybridized carbons (Fsp3) is 0.278. The van der Waals surface area contributed by atoms with Crippen molar-refractivity contribution in [2.24, 2.45) is 0 Å². The molecule has 0 atom stereocenters. The molecule has 0 aromatic heterocycles. The molecular formula is C18H21NO4. The minimum atomic E-state index is -0.196. The van der Waals surface area contributed by atoms with Gasteiger partial charge in [0, 0.05) is 12.6 Å². The fourth-order valence-corrected chi connectivity index (χ4v) is 2.13.